The highest BCUT2D eigenvalue weighted by atomic mass is 35.5. The molecular weight excluding hydrogens is 160 g/mol. The molecule has 0 amide bonds. The highest BCUT2D eigenvalue weighted by Gasteiger charge is 1.88. The van der Waals surface area contributed by atoms with E-state index in [1.807, 2.05) is 18.2 Å². The van der Waals surface area contributed by atoms with Crippen LogP contribution in [0.2, 0.25) is 0 Å². The molecule has 0 atom stereocenters. The second-order valence-corrected chi connectivity index (χ2v) is 2.48. The first-order valence-corrected chi connectivity index (χ1v) is 3.79. The molecule has 1 aromatic rings. The quantitative estimate of drug-likeness (QED) is 0.720. The van der Waals surface area contributed by atoms with Gasteiger partial charge in [-0.3, -0.25) is 0 Å². The summed E-state index contributed by atoms with van der Waals surface area (Å²) in [5.74, 6) is 0.295. The molecule has 0 aromatic heterocycles. The van der Waals surface area contributed by atoms with Gasteiger partial charge in [0.15, 0.2) is 0 Å². The summed E-state index contributed by atoms with van der Waals surface area (Å²) in [6, 6.07) is 7.06. The van der Waals surface area contributed by atoms with Crippen molar-refractivity contribution in [2.45, 2.75) is 6.42 Å². The molecule has 0 radical (unpaired) electrons. The summed E-state index contributed by atoms with van der Waals surface area (Å²) in [5, 5.41) is 8.94. The van der Waals surface area contributed by atoms with Gasteiger partial charge in [0.2, 0.25) is 0 Å². The van der Waals surface area contributed by atoms with Crippen molar-refractivity contribution in [1.82, 2.24) is 0 Å². The van der Waals surface area contributed by atoms with Crippen LogP contribution in [0.3, 0.4) is 0 Å². The number of aromatic hydroxyl groups is 1. The largest absolute Gasteiger partial charge is 0.508 e. The molecule has 58 valence electrons. The van der Waals surface area contributed by atoms with E-state index in [0.717, 1.165) is 12.0 Å². The van der Waals surface area contributed by atoms with Gasteiger partial charge in [-0.2, -0.15) is 0 Å². The van der Waals surface area contributed by atoms with Crippen molar-refractivity contribution in [3.05, 3.63) is 41.4 Å². The SMILES string of the molecule is Oc1ccc(C/C=C/Cl)cc1. The Morgan fingerprint density at radius 2 is 1.91 bits per heavy atom. The van der Waals surface area contributed by atoms with Crippen LogP contribution in [-0.4, -0.2) is 5.11 Å². The summed E-state index contributed by atoms with van der Waals surface area (Å²) in [7, 11) is 0. The number of allylic oxidation sites excluding steroid dienone is 1. The molecule has 0 spiro atoms. The van der Waals surface area contributed by atoms with Crippen molar-refractivity contribution < 1.29 is 5.11 Å². The molecule has 1 nitrogen and oxygen atoms in total. The number of phenols is 1. The average molecular weight is 169 g/mol. The maximum absolute atomic E-state index is 8.94. The molecule has 0 heterocycles. The van der Waals surface area contributed by atoms with E-state index in [2.05, 4.69) is 0 Å². The van der Waals surface area contributed by atoms with E-state index in [0.29, 0.717) is 5.75 Å². The molecule has 1 rings (SSSR count). The van der Waals surface area contributed by atoms with E-state index in [4.69, 9.17) is 16.7 Å². The summed E-state index contributed by atoms with van der Waals surface area (Å²) in [5.41, 5.74) is 2.63. The lowest BCUT2D eigenvalue weighted by Crippen LogP contribution is -1.77. The number of hydrogen-bond acceptors (Lipinski definition) is 1. The van der Waals surface area contributed by atoms with E-state index < -0.39 is 0 Å². The van der Waals surface area contributed by atoms with Crippen LogP contribution >= 0.6 is 11.6 Å². The molecule has 0 saturated heterocycles. The van der Waals surface area contributed by atoms with Crippen LogP contribution in [0, 0.1) is 0 Å². The van der Waals surface area contributed by atoms with Crippen molar-refractivity contribution in [3.8, 4) is 5.75 Å². The fraction of sp³-hybridized carbons (Fsp3) is 0.111. The molecule has 2 heteroatoms. The lowest BCUT2D eigenvalue weighted by atomic mass is 10.1. The minimum atomic E-state index is 0.295. The molecule has 0 aliphatic rings. The topological polar surface area (TPSA) is 20.2 Å². The third kappa shape index (κ3) is 2.64. The van der Waals surface area contributed by atoms with Crippen LogP contribution in [0.4, 0.5) is 0 Å². The van der Waals surface area contributed by atoms with Crippen LogP contribution in [-0.2, 0) is 6.42 Å². The molecule has 0 saturated carbocycles. The minimum Gasteiger partial charge on any atom is -0.508 e. The lowest BCUT2D eigenvalue weighted by Gasteiger charge is -1.94. The van der Waals surface area contributed by atoms with E-state index in [1.165, 1.54) is 5.54 Å². The van der Waals surface area contributed by atoms with Crippen molar-refractivity contribution >= 4 is 11.6 Å². The van der Waals surface area contributed by atoms with Crippen LogP contribution in [0.15, 0.2) is 35.9 Å². The summed E-state index contributed by atoms with van der Waals surface area (Å²) in [4.78, 5) is 0. The van der Waals surface area contributed by atoms with Gasteiger partial charge in [-0.15, -0.1) is 0 Å². The van der Waals surface area contributed by atoms with Gasteiger partial charge in [0.25, 0.3) is 0 Å². The lowest BCUT2D eigenvalue weighted by molar-refractivity contribution is 0.475. The Balaban J connectivity index is 2.66. The van der Waals surface area contributed by atoms with Crippen LogP contribution in [0.1, 0.15) is 5.56 Å². The fourth-order valence-electron chi connectivity index (χ4n) is 0.813. The Morgan fingerprint density at radius 3 is 2.45 bits per heavy atom. The first-order chi connectivity index (χ1) is 5.33. The summed E-state index contributed by atoms with van der Waals surface area (Å²) < 4.78 is 0. The minimum absolute atomic E-state index is 0.295. The molecule has 0 aliphatic carbocycles. The Labute approximate surface area is 70.9 Å². The Bertz CT molecular complexity index is 238. The fourth-order valence-corrected chi connectivity index (χ4v) is 0.902. The van der Waals surface area contributed by atoms with Gasteiger partial charge in [0, 0.05) is 5.54 Å². The second-order valence-electron chi connectivity index (χ2n) is 2.23. The normalized spacial score (nSPS) is 10.6. The standard InChI is InChI=1S/C9H9ClO/c10-7-1-2-8-3-5-9(11)6-4-8/h1,3-7,11H,2H2/b7-1+. The van der Waals surface area contributed by atoms with Crippen molar-refractivity contribution in [1.29, 1.82) is 0 Å². The zero-order chi connectivity index (χ0) is 8.10. The third-order valence-corrected chi connectivity index (χ3v) is 1.56. The van der Waals surface area contributed by atoms with Crippen LogP contribution in [0.5, 0.6) is 5.75 Å². The van der Waals surface area contributed by atoms with Gasteiger partial charge >= 0.3 is 0 Å². The summed E-state index contributed by atoms with van der Waals surface area (Å²) >= 11 is 5.35. The Hall–Kier alpha value is -0.950. The first-order valence-electron chi connectivity index (χ1n) is 3.36. The number of rotatable bonds is 2. The highest BCUT2D eigenvalue weighted by Crippen LogP contribution is 2.10. The van der Waals surface area contributed by atoms with E-state index in [9.17, 15) is 0 Å². The van der Waals surface area contributed by atoms with Crippen molar-refractivity contribution in [2.75, 3.05) is 0 Å². The summed E-state index contributed by atoms with van der Waals surface area (Å²) in [6.07, 6.45) is 2.66. The van der Waals surface area contributed by atoms with Gasteiger partial charge < -0.3 is 5.11 Å². The van der Waals surface area contributed by atoms with Crippen LogP contribution in [0.25, 0.3) is 0 Å². The number of phenolic OH excluding ortho intramolecular Hbond substituents is 1. The van der Waals surface area contributed by atoms with E-state index >= 15 is 0 Å². The average Bonchev–Trinajstić information content (AvgIpc) is 2.04. The highest BCUT2D eigenvalue weighted by molar-refractivity contribution is 6.25. The maximum Gasteiger partial charge on any atom is 0.115 e. The second kappa shape index (κ2) is 4.04. The maximum atomic E-state index is 8.94. The van der Waals surface area contributed by atoms with Gasteiger partial charge in [-0.05, 0) is 24.1 Å². The monoisotopic (exact) mass is 168 g/mol. The van der Waals surface area contributed by atoms with E-state index in [-0.39, 0.29) is 0 Å². The van der Waals surface area contributed by atoms with Crippen molar-refractivity contribution in [2.24, 2.45) is 0 Å². The summed E-state index contributed by atoms with van der Waals surface area (Å²) in [6.45, 7) is 0. The van der Waals surface area contributed by atoms with Gasteiger partial charge in [-0.25, -0.2) is 0 Å². The Kier molecular flexibility index (Phi) is 2.99. The molecular formula is C9H9ClO. The van der Waals surface area contributed by atoms with Gasteiger partial charge in [0.1, 0.15) is 5.75 Å². The molecule has 11 heavy (non-hydrogen) atoms. The van der Waals surface area contributed by atoms with Crippen LogP contribution < -0.4 is 0 Å². The third-order valence-electron chi connectivity index (χ3n) is 1.38. The predicted molar refractivity (Wildman–Crippen MR) is 46.8 cm³/mol. The zero-order valence-corrected chi connectivity index (χ0v) is 6.75. The smallest absolute Gasteiger partial charge is 0.115 e. The van der Waals surface area contributed by atoms with Crippen molar-refractivity contribution in [3.63, 3.8) is 0 Å². The zero-order valence-electron chi connectivity index (χ0n) is 6.00. The predicted octanol–water partition coefficient (Wildman–Crippen LogP) is 2.69. The Morgan fingerprint density at radius 1 is 1.27 bits per heavy atom. The van der Waals surface area contributed by atoms with Gasteiger partial charge in [-0.1, -0.05) is 29.8 Å². The first kappa shape index (κ1) is 8.15. The molecule has 1 aromatic carbocycles. The molecule has 1 N–H and O–H groups in total. The molecule has 0 unspecified atom stereocenters. The number of benzene rings is 1. The molecule has 0 fully saturated rings. The molecule has 0 aliphatic heterocycles. The molecule has 0 bridgehead atoms. The van der Waals surface area contributed by atoms with E-state index in [1.54, 1.807) is 12.1 Å². The number of hydrogen-bond donors (Lipinski definition) is 1. The van der Waals surface area contributed by atoms with Gasteiger partial charge in [0.05, 0.1) is 0 Å². The number of halogens is 1.